The quantitative estimate of drug-likeness (QED) is 0.688. The van der Waals surface area contributed by atoms with Crippen LogP contribution in [-0.2, 0) is 9.59 Å². The molecule has 19 heavy (non-hydrogen) atoms. The van der Waals surface area contributed by atoms with Crippen LogP contribution in [0.4, 0.5) is 5.69 Å². The fourth-order valence-corrected chi connectivity index (χ4v) is 2.06. The number of hydrogen-bond acceptors (Lipinski definition) is 3. The van der Waals surface area contributed by atoms with Crippen molar-refractivity contribution in [1.82, 2.24) is 9.80 Å². The summed E-state index contributed by atoms with van der Waals surface area (Å²) in [6.07, 6.45) is 0. The van der Waals surface area contributed by atoms with Crippen LogP contribution in [0.3, 0.4) is 0 Å². The normalized spacial score (nSPS) is 16.2. The molecule has 1 fully saturated rings. The zero-order valence-electron chi connectivity index (χ0n) is 11.4. The maximum absolute atomic E-state index is 12.1. The maximum Gasteiger partial charge on any atom is 0.316 e. The molecule has 1 aliphatic rings. The number of nitrogens with zero attached hydrogens (tertiary/aromatic N) is 3. The number of hydrogen-bond donors (Lipinski definition) is 0. The fourth-order valence-electron chi connectivity index (χ4n) is 2.06. The summed E-state index contributed by atoms with van der Waals surface area (Å²) in [5, 5.41) is 0. The summed E-state index contributed by atoms with van der Waals surface area (Å²) in [5.74, 6) is -0.893. The topological polar surface area (TPSA) is 43.9 Å². The summed E-state index contributed by atoms with van der Waals surface area (Å²) in [6, 6.07) is 9.20. The van der Waals surface area contributed by atoms with Crippen LogP contribution >= 0.6 is 0 Å². The number of piperazine rings is 1. The van der Waals surface area contributed by atoms with Crippen molar-refractivity contribution < 1.29 is 9.59 Å². The maximum atomic E-state index is 12.1. The van der Waals surface area contributed by atoms with Gasteiger partial charge < -0.3 is 14.7 Å². The highest BCUT2D eigenvalue weighted by molar-refractivity contribution is 6.40. The highest BCUT2D eigenvalue weighted by atomic mass is 16.2. The first-order valence-electron chi connectivity index (χ1n) is 6.40. The van der Waals surface area contributed by atoms with Gasteiger partial charge in [-0.1, -0.05) is 18.2 Å². The van der Waals surface area contributed by atoms with Crippen LogP contribution in [0.2, 0.25) is 0 Å². The predicted molar refractivity (Wildman–Crippen MR) is 73.9 cm³/mol. The Bertz CT molecular complexity index is 453. The number of para-hydroxylation sites is 1. The van der Waals surface area contributed by atoms with Crippen LogP contribution < -0.4 is 4.90 Å². The summed E-state index contributed by atoms with van der Waals surface area (Å²) < 4.78 is 0. The van der Waals surface area contributed by atoms with Crippen molar-refractivity contribution in [2.24, 2.45) is 0 Å². The van der Waals surface area contributed by atoms with E-state index in [4.69, 9.17) is 0 Å². The monoisotopic (exact) mass is 261 g/mol. The molecule has 0 spiro atoms. The van der Waals surface area contributed by atoms with Crippen molar-refractivity contribution in [3.8, 4) is 0 Å². The summed E-state index contributed by atoms with van der Waals surface area (Å²) in [5.41, 5.74) is 0.731. The van der Waals surface area contributed by atoms with Crippen molar-refractivity contribution in [1.29, 1.82) is 0 Å². The Labute approximate surface area is 113 Å². The van der Waals surface area contributed by atoms with Crippen molar-refractivity contribution in [3.63, 3.8) is 0 Å². The third kappa shape index (κ3) is 3.12. The van der Waals surface area contributed by atoms with Crippen LogP contribution in [0.15, 0.2) is 30.3 Å². The smallest absolute Gasteiger partial charge is 0.316 e. The van der Waals surface area contributed by atoms with E-state index in [0.29, 0.717) is 13.1 Å². The predicted octanol–water partition coefficient (Wildman–Crippen LogP) is 0.423. The third-order valence-electron chi connectivity index (χ3n) is 3.42. The number of rotatable bonds is 1. The van der Waals surface area contributed by atoms with E-state index >= 15 is 0 Å². The van der Waals surface area contributed by atoms with Crippen LogP contribution in [0.5, 0.6) is 0 Å². The van der Waals surface area contributed by atoms with E-state index in [2.05, 4.69) is 4.90 Å². The number of likely N-dealkylation sites (N-methyl/N-ethyl adjacent to an activating group) is 2. The van der Waals surface area contributed by atoms with Crippen molar-refractivity contribution in [2.45, 2.75) is 0 Å². The molecule has 0 saturated carbocycles. The molecule has 0 radical (unpaired) electrons. The minimum Gasteiger partial charge on any atom is -0.332 e. The second-order valence-corrected chi connectivity index (χ2v) is 4.80. The molecule has 0 aliphatic carbocycles. The molecule has 1 aliphatic heterocycles. The summed E-state index contributed by atoms with van der Waals surface area (Å²) in [4.78, 5) is 29.5. The molecule has 1 saturated heterocycles. The first-order valence-corrected chi connectivity index (χ1v) is 6.40. The van der Waals surface area contributed by atoms with Gasteiger partial charge in [-0.15, -0.1) is 0 Å². The van der Waals surface area contributed by atoms with Crippen molar-refractivity contribution in [2.75, 3.05) is 45.2 Å². The Kier molecular flexibility index (Phi) is 4.16. The summed E-state index contributed by atoms with van der Waals surface area (Å²) >= 11 is 0. The van der Waals surface area contributed by atoms with Gasteiger partial charge in [-0.3, -0.25) is 9.59 Å². The Morgan fingerprint density at radius 3 is 2.21 bits per heavy atom. The van der Waals surface area contributed by atoms with Gasteiger partial charge in [0.25, 0.3) is 0 Å². The lowest BCUT2D eigenvalue weighted by Gasteiger charge is -2.32. The molecule has 0 N–H and O–H groups in total. The molecule has 0 atom stereocenters. The van der Waals surface area contributed by atoms with Crippen LogP contribution in [0.1, 0.15) is 0 Å². The van der Waals surface area contributed by atoms with Crippen molar-refractivity contribution in [3.05, 3.63) is 30.3 Å². The van der Waals surface area contributed by atoms with E-state index in [1.165, 1.54) is 4.90 Å². The minimum atomic E-state index is -0.476. The van der Waals surface area contributed by atoms with Gasteiger partial charge in [-0.25, -0.2) is 0 Å². The van der Waals surface area contributed by atoms with E-state index in [1.807, 2.05) is 37.4 Å². The van der Waals surface area contributed by atoms with Gasteiger partial charge in [0.15, 0.2) is 0 Å². The highest BCUT2D eigenvalue weighted by Gasteiger charge is 2.27. The van der Waals surface area contributed by atoms with Gasteiger partial charge in [0.05, 0.1) is 0 Å². The largest absolute Gasteiger partial charge is 0.332 e. The lowest BCUT2D eigenvalue weighted by molar-refractivity contribution is -0.145. The molecule has 102 valence electrons. The van der Waals surface area contributed by atoms with Gasteiger partial charge in [-0.05, 0) is 19.2 Å². The first kappa shape index (κ1) is 13.5. The van der Waals surface area contributed by atoms with Gasteiger partial charge in [-0.2, -0.15) is 0 Å². The average Bonchev–Trinajstić information content (AvgIpc) is 2.46. The Morgan fingerprint density at radius 1 is 1.05 bits per heavy atom. The molecule has 1 aromatic carbocycles. The van der Waals surface area contributed by atoms with E-state index in [1.54, 1.807) is 11.9 Å². The number of carbonyl (C=O) groups is 2. The van der Waals surface area contributed by atoms with Gasteiger partial charge in [0, 0.05) is 38.9 Å². The first-order chi connectivity index (χ1) is 9.09. The molecule has 5 heteroatoms. The van der Waals surface area contributed by atoms with Crippen LogP contribution in [-0.4, -0.2) is 61.9 Å². The van der Waals surface area contributed by atoms with Crippen LogP contribution in [0, 0.1) is 0 Å². The second kappa shape index (κ2) is 5.84. The van der Waals surface area contributed by atoms with E-state index in [-0.39, 0.29) is 0 Å². The van der Waals surface area contributed by atoms with Gasteiger partial charge in [0.2, 0.25) is 0 Å². The molecule has 2 amide bonds. The minimum absolute atomic E-state index is 0.417. The lowest BCUT2D eigenvalue weighted by atomic mass is 10.2. The Balaban J connectivity index is 2.01. The van der Waals surface area contributed by atoms with E-state index in [9.17, 15) is 9.59 Å². The number of carbonyl (C=O) groups excluding carboxylic acids is 2. The number of amides is 2. The van der Waals surface area contributed by atoms with Gasteiger partial charge >= 0.3 is 11.8 Å². The molecule has 1 heterocycles. The fraction of sp³-hybridized carbons (Fsp3) is 0.429. The highest BCUT2D eigenvalue weighted by Crippen LogP contribution is 2.12. The number of anilines is 1. The van der Waals surface area contributed by atoms with Gasteiger partial charge in [0.1, 0.15) is 0 Å². The van der Waals surface area contributed by atoms with Crippen molar-refractivity contribution >= 4 is 17.5 Å². The molecule has 5 nitrogen and oxygen atoms in total. The van der Waals surface area contributed by atoms with Crippen LogP contribution in [0.25, 0.3) is 0 Å². The molecule has 0 bridgehead atoms. The zero-order valence-corrected chi connectivity index (χ0v) is 11.4. The lowest BCUT2D eigenvalue weighted by Crippen LogP contribution is -2.52. The molecular formula is C14H19N3O2. The molecule has 0 unspecified atom stereocenters. The molecular weight excluding hydrogens is 242 g/mol. The zero-order chi connectivity index (χ0) is 13.8. The van der Waals surface area contributed by atoms with E-state index < -0.39 is 11.8 Å². The average molecular weight is 261 g/mol. The second-order valence-electron chi connectivity index (χ2n) is 4.80. The Hall–Kier alpha value is -1.88. The molecule has 1 aromatic rings. The summed E-state index contributed by atoms with van der Waals surface area (Å²) in [6.45, 7) is 2.86. The Morgan fingerprint density at radius 2 is 1.63 bits per heavy atom. The SMILES string of the molecule is CN1CCN(C(=O)C(=O)N(C)c2ccccc2)CC1. The standard InChI is InChI=1S/C14H19N3O2/c1-15-8-10-17(11-9-15)14(19)13(18)16(2)12-6-4-3-5-7-12/h3-7H,8-11H2,1-2H3. The molecule has 0 aromatic heterocycles. The van der Waals surface area contributed by atoms with E-state index in [0.717, 1.165) is 18.8 Å². The molecule has 2 rings (SSSR count). The number of benzene rings is 1. The summed E-state index contributed by atoms with van der Waals surface area (Å²) in [7, 11) is 3.64. The third-order valence-corrected chi connectivity index (χ3v) is 3.42.